The molecule has 6 heteroatoms. The monoisotopic (exact) mass is 145 g/mol. The third-order valence-electron chi connectivity index (χ3n) is 0.668. The maximum absolute atomic E-state index is 10.4. The standard InChI is InChI=1S/C3H3N3O2S/c7-1-2(8)5-6-3(9)4-1/h(H,5,8)(H2,4,6,7,9). The molecule has 0 amide bonds. The molecule has 0 aromatic carbocycles. The van der Waals surface area contributed by atoms with Crippen molar-refractivity contribution in [2.45, 2.75) is 5.16 Å². The molecule has 5 nitrogen and oxygen atoms in total. The largest absolute Gasteiger partial charge is 0.488 e. The fourth-order valence-electron chi connectivity index (χ4n) is 0.323. The lowest BCUT2D eigenvalue weighted by Crippen LogP contribution is -2.08. The third kappa shape index (κ3) is 1.20. The van der Waals surface area contributed by atoms with Crippen molar-refractivity contribution in [3.05, 3.63) is 10.4 Å². The van der Waals surface area contributed by atoms with Gasteiger partial charge < -0.3 is 5.11 Å². The number of hydrogen-bond acceptors (Lipinski definition) is 5. The first kappa shape index (κ1) is 6.09. The SMILES string of the molecule is O=c1[nH]c(S)nnc1O. The zero-order valence-corrected chi connectivity index (χ0v) is 5.09. The predicted octanol–water partition coefficient (Wildman–Crippen LogP) is -0.841. The minimum absolute atomic E-state index is 0.0813. The number of rotatable bonds is 0. The fourth-order valence-corrected chi connectivity index (χ4v) is 0.469. The van der Waals surface area contributed by atoms with Crippen molar-refractivity contribution >= 4 is 12.6 Å². The highest BCUT2D eigenvalue weighted by Gasteiger charge is 1.96. The van der Waals surface area contributed by atoms with Crippen molar-refractivity contribution in [2.24, 2.45) is 0 Å². The lowest BCUT2D eigenvalue weighted by atomic mass is 10.8. The maximum atomic E-state index is 10.4. The molecule has 1 aromatic heterocycles. The molecule has 2 N–H and O–H groups in total. The van der Waals surface area contributed by atoms with E-state index in [-0.39, 0.29) is 5.16 Å². The van der Waals surface area contributed by atoms with Crippen LogP contribution in [0.4, 0.5) is 0 Å². The smallest absolute Gasteiger partial charge is 0.314 e. The zero-order valence-electron chi connectivity index (χ0n) is 4.20. The van der Waals surface area contributed by atoms with Gasteiger partial charge in [0.15, 0.2) is 5.16 Å². The Morgan fingerprint density at radius 2 is 2.22 bits per heavy atom. The Kier molecular flexibility index (Phi) is 1.39. The molecule has 1 heterocycles. The van der Waals surface area contributed by atoms with Gasteiger partial charge in [0.2, 0.25) is 0 Å². The van der Waals surface area contributed by atoms with Gasteiger partial charge in [-0.25, -0.2) is 0 Å². The van der Waals surface area contributed by atoms with Crippen molar-refractivity contribution < 1.29 is 5.11 Å². The second kappa shape index (κ2) is 2.06. The summed E-state index contributed by atoms with van der Waals surface area (Å²) in [5.74, 6) is -0.646. The van der Waals surface area contributed by atoms with Gasteiger partial charge in [0, 0.05) is 0 Å². The Morgan fingerprint density at radius 1 is 1.56 bits per heavy atom. The van der Waals surface area contributed by atoms with Crippen LogP contribution in [0.3, 0.4) is 0 Å². The number of hydrogen-bond donors (Lipinski definition) is 3. The summed E-state index contributed by atoms with van der Waals surface area (Å²) in [6, 6.07) is 0. The van der Waals surface area contributed by atoms with E-state index in [1.807, 2.05) is 0 Å². The molecule has 9 heavy (non-hydrogen) atoms. The van der Waals surface area contributed by atoms with Crippen LogP contribution in [0.2, 0.25) is 0 Å². The first-order chi connectivity index (χ1) is 4.20. The van der Waals surface area contributed by atoms with Gasteiger partial charge in [-0.3, -0.25) is 9.78 Å². The Bertz CT molecular complexity index is 270. The van der Waals surface area contributed by atoms with Crippen LogP contribution in [-0.2, 0) is 0 Å². The van der Waals surface area contributed by atoms with E-state index >= 15 is 0 Å². The Morgan fingerprint density at radius 3 is 2.67 bits per heavy atom. The number of aromatic amines is 1. The summed E-state index contributed by atoms with van der Waals surface area (Å²) in [5.41, 5.74) is -0.685. The lowest BCUT2D eigenvalue weighted by Gasteiger charge is -1.86. The van der Waals surface area contributed by atoms with Gasteiger partial charge in [-0.1, -0.05) is 0 Å². The van der Waals surface area contributed by atoms with Crippen molar-refractivity contribution in [3.8, 4) is 5.88 Å². The van der Waals surface area contributed by atoms with Crippen LogP contribution in [-0.4, -0.2) is 20.3 Å². The summed E-state index contributed by atoms with van der Waals surface area (Å²) in [5, 5.41) is 14.9. The van der Waals surface area contributed by atoms with Crippen LogP contribution >= 0.6 is 12.6 Å². The second-order valence-corrected chi connectivity index (χ2v) is 1.72. The molecule has 0 atom stereocenters. The van der Waals surface area contributed by atoms with Gasteiger partial charge in [0.1, 0.15) is 0 Å². The van der Waals surface area contributed by atoms with Crippen molar-refractivity contribution in [2.75, 3.05) is 0 Å². The van der Waals surface area contributed by atoms with E-state index in [4.69, 9.17) is 5.11 Å². The van der Waals surface area contributed by atoms with Gasteiger partial charge >= 0.3 is 5.56 Å². The highest BCUT2D eigenvalue weighted by Crippen LogP contribution is 1.91. The van der Waals surface area contributed by atoms with Crippen molar-refractivity contribution in [1.29, 1.82) is 0 Å². The van der Waals surface area contributed by atoms with E-state index in [0.717, 1.165) is 0 Å². The highest BCUT2D eigenvalue weighted by atomic mass is 32.1. The predicted molar refractivity (Wildman–Crippen MR) is 31.6 cm³/mol. The molecule has 0 unspecified atom stereocenters. The molecule has 0 saturated carbocycles. The number of thiol groups is 1. The van der Waals surface area contributed by atoms with Gasteiger partial charge in [-0.2, -0.15) is 0 Å². The van der Waals surface area contributed by atoms with E-state index in [1.165, 1.54) is 0 Å². The number of aromatic nitrogens is 3. The van der Waals surface area contributed by atoms with Crippen LogP contribution in [0.1, 0.15) is 0 Å². The van der Waals surface area contributed by atoms with Crippen molar-refractivity contribution in [1.82, 2.24) is 15.2 Å². The minimum Gasteiger partial charge on any atom is -0.488 e. The third-order valence-corrected chi connectivity index (χ3v) is 0.869. The number of nitrogens with zero attached hydrogens (tertiary/aromatic N) is 2. The van der Waals surface area contributed by atoms with Gasteiger partial charge in [0.05, 0.1) is 0 Å². The number of aromatic hydroxyl groups is 1. The average molecular weight is 145 g/mol. The summed E-state index contributed by atoms with van der Waals surface area (Å²) in [7, 11) is 0. The molecule has 0 radical (unpaired) electrons. The molecule has 0 aliphatic heterocycles. The van der Waals surface area contributed by atoms with Crippen LogP contribution in [0.25, 0.3) is 0 Å². The summed E-state index contributed by atoms with van der Waals surface area (Å²) in [4.78, 5) is 12.5. The average Bonchev–Trinajstić information content (AvgIpc) is 1.80. The van der Waals surface area contributed by atoms with Crippen LogP contribution in [0.5, 0.6) is 5.88 Å². The van der Waals surface area contributed by atoms with Gasteiger partial charge in [-0.05, 0) is 0 Å². The van der Waals surface area contributed by atoms with E-state index in [9.17, 15) is 4.79 Å². The molecule has 0 aliphatic rings. The molecule has 48 valence electrons. The first-order valence-electron chi connectivity index (χ1n) is 2.05. The summed E-state index contributed by atoms with van der Waals surface area (Å²) < 4.78 is 0. The quantitative estimate of drug-likeness (QED) is 0.416. The van der Waals surface area contributed by atoms with Gasteiger partial charge in [0.25, 0.3) is 5.88 Å². The lowest BCUT2D eigenvalue weighted by molar-refractivity contribution is 0.429. The maximum Gasteiger partial charge on any atom is 0.314 e. The Hall–Kier alpha value is -1.04. The molecular formula is C3H3N3O2S. The molecule has 0 spiro atoms. The van der Waals surface area contributed by atoms with E-state index in [2.05, 4.69) is 27.8 Å². The first-order valence-corrected chi connectivity index (χ1v) is 2.50. The molecule has 0 fully saturated rings. The van der Waals surface area contributed by atoms with Crippen molar-refractivity contribution in [3.63, 3.8) is 0 Å². The second-order valence-electron chi connectivity index (χ2n) is 1.30. The number of nitrogens with one attached hydrogen (secondary N) is 1. The van der Waals surface area contributed by atoms with E-state index < -0.39 is 11.4 Å². The molecule has 0 aliphatic carbocycles. The van der Waals surface area contributed by atoms with Crippen LogP contribution in [0, 0.1) is 0 Å². The van der Waals surface area contributed by atoms with Crippen LogP contribution in [0.15, 0.2) is 9.95 Å². The molecule has 0 saturated heterocycles. The fraction of sp³-hybridized carbons (Fsp3) is 0. The van der Waals surface area contributed by atoms with Crippen LogP contribution < -0.4 is 5.56 Å². The Labute approximate surface area is 55.2 Å². The Balaban J connectivity index is 3.34. The molecular weight excluding hydrogens is 142 g/mol. The zero-order chi connectivity index (χ0) is 6.85. The summed E-state index contributed by atoms with van der Waals surface area (Å²) >= 11 is 3.66. The highest BCUT2D eigenvalue weighted by molar-refractivity contribution is 7.80. The normalized spacial score (nSPS) is 9.44. The molecule has 0 bridgehead atoms. The van der Waals surface area contributed by atoms with Gasteiger partial charge in [-0.15, -0.1) is 22.8 Å². The van der Waals surface area contributed by atoms with E-state index in [1.54, 1.807) is 0 Å². The van der Waals surface area contributed by atoms with E-state index in [0.29, 0.717) is 0 Å². The molecule has 1 rings (SSSR count). The summed E-state index contributed by atoms with van der Waals surface area (Å²) in [6.07, 6.45) is 0. The summed E-state index contributed by atoms with van der Waals surface area (Å²) in [6.45, 7) is 0. The topological polar surface area (TPSA) is 78.9 Å². The molecule has 1 aromatic rings. The minimum atomic E-state index is -0.685. The number of H-pyrrole nitrogens is 1.